The van der Waals surface area contributed by atoms with Gasteiger partial charge in [-0.05, 0) is 30.7 Å². The van der Waals surface area contributed by atoms with Gasteiger partial charge in [-0.1, -0.05) is 17.7 Å². The van der Waals surface area contributed by atoms with Crippen LogP contribution >= 0.6 is 11.6 Å². The minimum absolute atomic E-state index is 0.620. The molecule has 1 N–H and O–H groups in total. The van der Waals surface area contributed by atoms with Crippen LogP contribution in [0.25, 0.3) is 0 Å². The predicted octanol–water partition coefficient (Wildman–Crippen LogP) is 3.50. The zero-order chi connectivity index (χ0) is 11.8. The number of nitrogens with one attached hydrogen (secondary N) is 1. The summed E-state index contributed by atoms with van der Waals surface area (Å²) in [6.07, 6.45) is 3.82. The van der Waals surface area contributed by atoms with E-state index in [1.54, 1.807) is 0 Å². The lowest BCUT2D eigenvalue weighted by atomic mass is 10.1. The van der Waals surface area contributed by atoms with Gasteiger partial charge in [-0.2, -0.15) is 0 Å². The number of anilines is 2. The normalized spacial score (nSPS) is 13.9. The summed E-state index contributed by atoms with van der Waals surface area (Å²) in [5, 5.41) is 0.744. The van der Waals surface area contributed by atoms with Crippen molar-refractivity contribution in [1.29, 1.82) is 0 Å². The molecule has 0 saturated carbocycles. The summed E-state index contributed by atoms with van der Waals surface area (Å²) in [6.45, 7) is 2.70. The van der Waals surface area contributed by atoms with Crippen LogP contribution in [0.2, 0.25) is 5.02 Å². The van der Waals surface area contributed by atoms with Crippen molar-refractivity contribution >= 4 is 29.3 Å². The number of aromatic nitrogens is 1. The molecule has 1 aliphatic heterocycles. The first-order chi connectivity index (χ1) is 8.25. The summed E-state index contributed by atoms with van der Waals surface area (Å²) in [7, 11) is 0. The van der Waals surface area contributed by atoms with Gasteiger partial charge in [0.25, 0.3) is 0 Å². The number of hydrogen-bond acceptors (Lipinski definition) is 2. The van der Waals surface area contributed by atoms with Crippen LogP contribution in [0, 0.1) is 6.92 Å². The summed E-state index contributed by atoms with van der Waals surface area (Å²) < 4.78 is 0. The Morgan fingerprint density at radius 1 is 1.35 bits per heavy atom. The lowest BCUT2D eigenvalue weighted by molar-refractivity contribution is 0.947. The highest BCUT2D eigenvalue weighted by molar-refractivity contribution is 6.30. The van der Waals surface area contributed by atoms with Gasteiger partial charge in [0.1, 0.15) is 12.5 Å². The number of nitrogens with zero attached hydrogens (tertiary/aromatic N) is 2. The molecule has 0 bridgehead atoms. The Hall–Kier alpha value is -1.74. The number of hydrogen-bond donors (Lipinski definition) is 1. The fourth-order valence-electron chi connectivity index (χ4n) is 2.07. The maximum atomic E-state index is 6.06. The Balaban J connectivity index is 2.12. The number of benzene rings is 1. The van der Waals surface area contributed by atoms with Crippen molar-refractivity contribution < 1.29 is 0 Å². The molecule has 4 heteroatoms. The molecule has 1 aromatic carbocycles. The third-order valence-corrected chi connectivity index (χ3v) is 3.18. The van der Waals surface area contributed by atoms with Gasteiger partial charge in [0.15, 0.2) is 0 Å². The fourth-order valence-corrected chi connectivity index (χ4v) is 2.24. The quantitative estimate of drug-likeness (QED) is 0.819. The lowest BCUT2D eigenvalue weighted by Gasteiger charge is -2.26. The van der Waals surface area contributed by atoms with Crippen molar-refractivity contribution in [3.8, 4) is 0 Å². The molecule has 2 heterocycles. The molecule has 17 heavy (non-hydrogen) atoms. The first-order valence-corrected chi connectivity index (χ1v) is 5.84. The molecule has 0 fully saturated rings. The summed E-state index contributed by atoms with van der Waals surface area (Å²) in [4.78, 5) is 9.74. The summed E-state index contributed by atoms with van der Waals surface area (Å²) in [6, 6.07) is 7.93. The van der Waals surface area contributed by atoms with E-state index in [4.69, 9.17) is 11.6 Å². The summed E-state index contributed by atoms with van der Waals surface area (Å²) in [5.41, 5.74) is 3.39. The average molecular weight is 246 g/mol. The van der Waals surface area contributed by atoms with Crippen molar-refractivity contribution in [2.75, 3.05) is 11.6 Å². The largest absolute Gasteiger partial charge is 0.347 e. The van der Waals surface area contributed by atoms with E-state index in [0.29, 0.717) is 6.67 Å². The Bertz CT molecular complexity index is 586. The number of rotatable bonds is 1. The highest BCUT2D eigenvalue weighted by atomic mass is 35.5. The maximum Gasteiger partial charge on any atom is 0.120 e. The molecule has 0 amide bonds. The number of aliphatic imine (C=N–C) groups is 1. The van der Waals surface area contributed by atoms with Crippen LogP contribution in [-0.4, -0.2) is 17.9 Å². The van der Waals surface area contributed by atoms with E-state index in [1.807, 2.05) is 36.7 Å². The Kier molecular flexibility index (Phi) is 2.41. The highest BCUT2D eigenvalue weighted by Gasteiger charge is 2.18. The molecule has 2 aromatic rings. The molecule has 86 valence electrons. The van der Waals surface area contributed by atoms with Crippen LogP contribution in [0.15, 0.2) is 35.5 Å². The third-order valence-electron chi connectivity index (χ3n) is 2.94. The standard InChI is InChI=1S/C13H12ClN3/c1-9-2-3-11(14)6-12(9)17-8-15-7-10-4-5-16-13(10)17/h2-7,16H,8H2,1H3. The van der Waals surface area contributed by atoms with Crippen LogP contribution in [0.4, 0.5) is 11.5 Å². The molecule has 1 aliphatic rings. The molecule has 3 nitrogen and oxygen atoms in total. The van der Waals surface area contributed by atoms with E-state index < -0.39 is 0 Å². The van der Waals surface area contributed by atoms with Crippen molar-refractivity contribution in [2.45, 2.75) is 6.92 Å². The Morgan fingerprint density at radius 2 is 2.24 bits per heavy atom. The smallest absolute Gasteiger partial charge is 0.120 e. The minimum atomic E-state index is 0.620. The second-order valence-corrected chi connectivity index (χ2v) is 4.53. The van der Waals surface area contributed by atoms with Gasteiger partial charge in [-0.3, -0.25) is 4.99 Å². The molecule has 0 aliphatic carbocycles. The molecule has 0 radical (unpaired) electrons. The van der Waals surface area contributed by atoms with Gasteiger partial charge in [0, 0.05) is 28.7 Å². The number of aryl methyl sites for hydroxylation is 1. The molecule has 0 saturated heterocycles. The highest BCUT2D eigenvalue weighted by Crippen LogP contribution is 2.32. The summed E-state index contributed by atoms with van der Waals surface area (Å²) >= 11 is 6.06. The Morgan fingerprint density at radius 3 is 3.12 bits per heavy atom. The molecule has 3 rings (SSSR count). The third kappa shape index (κ3) is 1.72. The minimum Gasteiger partial charge on any atom is -0.347 e. The average Bonchev–Trinajstić information content (AvgIpc) is 2.80. The van der Waals surface area contributed by atoms with Crippen molar-refractivity contribution in [3.63, 3.8) is 0 Å². The van der Waals surface area contributed by atoms with Crippen LogP contribution in [0.5, 0.6) is 0 Å². The monoisotopic (exact) mass is 245 g/mol. The van der Waals surface area contributed by atoms with Crippen LogP contribution in [-0.2, 0) is 0 Å². The van der Waals surface area contributed by atoms with E-state index in [-0.39, 0.29) is 0 Å². The van der Waals surface area contributed by atoms with E-state index in [0.717, 1.165) is 22.1 Å². The molecular weight excluding hydrogens is 234 g/mol. The number of aromatic amines is 1. The lowest BCUT2D eigenvalue weighted by Crippen LogP contribution is -2.22. The van der Waals surface area contributed by atoms with Gasteiger partial charge in [-0.15, -0.1) is 0 Å². The van der Waals surface area contributed by atoms with E-state index in [9.17, 15) is 0 Å². The second kappa shape index (κ2) is 3.93. The molecule has 0 atom stereocenters. The van der Waals surface area contributed by atoms with E-state index in [1.165, 1.54) is 5.56 Å². The fraction of sp³-hybridized carbons (Fsp3) is 0.154. The molecular formula is C13H12ClN3. The van der Waals surface area contributed by atoms with Gasteiger partial charge in [0.05, 0.1) is 0 Å². The van der Waals surface area contributed by atoms with Crippen molar-refractivity contribution in [2.24, 2.45) is 4.99 Å². The zero-order valence-corrected chi connectivity index (χ0v) is 10.2. The van der Waals surface area contributed by atoms with Crippen molar-refractivity contribution in [3.05, 3.63) is 46.6 Å². The SMILES string of the molecule is Cc1ccc(Cl)cc1N1CN=Cc2cc[nH]c21. The van der Waals surface area contributed by atoms with E-state index in [2.05, 4.69) is 21.8 Å². The number of H-pyrrole nitrogens is 1. The Labute approximate surface area is 105 Å². The van der Waals surface area contributed by atoms with Gasteiger partial charge >= 0.3 is 0 Å². The van der Waals surface area contributed by atoms with Crippen LogP contribution in [0.1, 0.15) is 11.1 Å². The van der Waals surface area contributed by atoms with Gasteiger partial charge in [0.2, 0.25) is 0 Å². The molecule has 0 spiro atoms. The topological polar surface area (TPSA) is 31.4 Å². The number of halogens is 1. The van der Waals surface area contributed by atoms with Gasteiger partial charge < -0.3 is 9.88 Å². The molecule has 0 unspecified atom stereocenters. The second-order valence-electron chi connectivity index (χ2n) is 4.09. The maximum absolute atomic E-state index is 6.06. The van der Waals surface area contributed by atoms with E-state index >= 15 is 0 Å². The zero-order valence-electron chi connectivity index (χ0n) is 9.44. The predicted molar refractivity (Wildman–Crippen MR) is 71.6 cm³/mol. The number of fused-ring (bicyclic) bond motifs is 1. The van der Waals surface area contributed by atoms with Crippen LogP contribution in [0.3, 0.4) is 0 Å². The first-order valence-electron chi connectivity index (χ1n) is 5.46. The van der Waals surface area contributed by atoms with Gasteiger partial charge in [-0.25, -0.2) is 0 Å². The molecule has 1 aromatic heterocycles. The first kappa shape index (κ1) is 10.4. The van der Waals surface area contributed by atoms with Crippen molar-refractivity contribution in [1.82, 2.24) is 4.98 Å². The summed E-state index contributed by atoms with van der Waals surface area (Å²) in [5.74, 6) is 1.07. The van der Waals surface area contributed by atoms with Crippen LogP contribution < -0.4 is 4.90 Å².